The Bertz CT molecular complexity index is 362. The highest BCUT2D eigenvalue weighted by atomic mass is 16.2. The van der Waals surface area contributed by atoms with E-state index < -0.39 is 11.0 Å². The van der Waals surface area contributed by atoms with Gasteiger partial charge in [-0.25, -0.2) is 0 Å². The van der Waals surface area contributed by atoms with Crippen molar-refractivity contribution in [1.29, 1.82) is 0 Å². The summed E-state index contributed by atoms with van der Waals surface area (Å²) >= 11 is 0. The third kappa shape index (κ3) is 5.83. The van der Waals surface area contributed by atoms with Gasteiger partial charge in [0.25, 0.3) is 0 Å². The first kappa shape index (κ1) is 17.6. The topological polar surface area (TPSA) is 101 Å². The van der Waals surface area contributed by atoms with Crippen molar-refractivity contribution in [2.75, 3.05) is 13.1 Å². The van der Waals surface area contributed by atoms with Crippen molar-refractivity contribution in [3.63, 3.8) is 0 Å². The van der Waals surface area contributed by atoms with Crippen molar-refractivity contribution in [3.05, 3.63) is 0 Å². The number of Topliss-reactive ketones (excluding diaryl/α,β-unsaturated/α-hetero) is 1. The molecule has 0 aromatic carbocycles. The van der Waals surface area contributed by atoms with Gasteiger partial charge in [0, 0.05) is 12.0 Å². The lowest BCUT2D eigenvalue weighted by Crippen LogP contribution is -2.55. The summed E-state index contributed by atoms with van der Waals surface area (Å²) in [6.07, 6.45) is 0.190. The van der Waals surface area contributed by atoms with Gasteiger partial charge in [0.1, 0.15) is 5.78 Å². The monoisotopic (exact) mass is 271 g/mol. The number of nitrogens with two attached hydrogens (primary N) is 1. The van der Waals surface area contributed by atoms with Gasteiger partial charge in [-0.3, -0.25) is 14.4 Å². The van der Waals surface area contributed by atoms with Crippen LogP contribution in [-0.2, 0) is 14.4 Å². The molecule has 0 aromatic heterocycles. The zero-order valence-electron chi connectivity index (χ0n) is 12.4. The molecule has 0 bridgehead atoms. The average molecular weight is 271 g/mol. The van der Waals surface area contributed by atoms with Crippen LogP contribution in [0.5, 0.6) is 0 Å². The smallest absolute Gasteiger partial charge is 0.239 e. The number of nitrogens with one attached hydrogen (secondary N) is 2. The molecule has 0 aliphatic heterocycles. The molecule has 4 N–H and O–H groups in total. The lowest BCUT2D eigenvalue weighted by Gasteiger charge is -2.32. The summed E-state index contributed by atoms with van der Waals surface area (Å²) < 4.78 is 0. The fraction of sp³-hybridized carbons (Fsp3) is 0.769. The molecule has 0 saturated heterocycles. The van der Waals surface area contributed by atoms with Gasteiger partial charge in [0.2, 0.25) is 11.8 Å². The molecule has 0 radical (unpaired) electrons. The van der Waals surface area contributed by atoms with Crippen molar-refractivity contribution < 1.29 is 14.4 Å². The van der Waals surface area contributed by atoms with E-state index in [1.807, 2.05) is 0 Å². The van der Waals surface area contributed by atoms with Crippen LogP contribution in [0.3, 0.4) is 0 Å². The number of ketones is 1. The van der Waals surface area contributed by atoms with E-state index in [9.17, 15) is 14.4 Å². The van der Waals surface area contributed by atoms with Crippen molar-refractivity contribution >= 4 is 17.6 Å². The largest absolute Gasteiger partial charge is 0.355 e. The molecule has 0 fully saturated rings. The lowest BCUT2D eigenvalue weighted by atomic mass is 9.78. The minimum Gasteiger partial charge on any atom is -0.355 e. The minimum absolute atomic E-state index is 0.00922. The van der Waals surface area contributed by atoms with Gasteiger partial charge in [0.05, 0.1) is 12.1 Å². The summed E-state index contributed by atoms with van der Waals surface area (Å²) in [5.41, 5.74) is 4.01. The fourth-order valence-corrected chi connectivity index (χ4v) is 1.89. The van der Waals surface area contributed by atoms with E-state index in [2.05, 4.69) is 10.6 Å². The Morgan fingerprint density at radius 3 is 2.00 bits per heavy atom. The number of likely N-dealkylation sites (N-methyl/N-ethyl adjacent to an activating group) is 1. The standard InChI is InChI=1S/C13H25N3O3/c1-6-15-11(19)13(5,14)8-12(3,4)10(18)16-7-9(2)17/h6-8,14H2,1-5H3,(H,15,19)(H,16,18). The quantitative estimate of drug-likeness (QED) is 0.605. The molecule has 6 heteroatoms. The van der Waals surface area contributed by atoms with E-state index in [0.29, 0.717) is 6.54 Å². The molecular weight excluding hydrogens is 246 g/mol. The predicted molar refractivity (Wildman–Crippen MR) is 73.4 cm³/mol. The normalized spacial score (nSPS) is 14.4. The molecule has 6 nitrogen and oxygen atoms in total. The van der Waals surface area contributed by atoms with Crippen molar-refractivity contribution in [3.8, 4) is 0 Å². The van der Waals surface area contributed by atoms with Gasteiger partial charge in [-0.05, 0) is 27.2 Å². The van der Waals surface area contributed by atoms with Crippen LogP contribution in [0.15, 0.2) is 0 Å². The molecule has 19 heavy (non-hydrogen) atoms. The highest BCUT2D eigenvalue weighted by Gasteiger charge is 2.39. The second-order valence-electron chi connectivity index (χ2n) is 5.72. The number of amides is 2. The SMILES string of the molecule is CCNC(=O)C(C)(N)CC(C)(C)C(=O)NCC(C)=O. The number of hydrogen-bond donors (Lipinski definition) is 3. The van der Waals surface area contributed by atoms with Gasteiger partial charge < -0.3 is 16.4 Å². The molecule has 0 aliphatic rings. The van der Waals surface area contributed by atoms with E-state index in [1.54, 1.807) is 27.7 Å². The van der Waals surface area contributed by atoms with Crippen molar-refractivity contribution in [2.45, 2.75) is 46.6 Å². The third-order valence-electron chi connectivity index (χ3n) is 2.78. The Morgan fingerprint density at radius 2 is 1.58 bits per heavy atom. The highest BCUT2D eigenvalue weighted by Crippen LogP contribution is 2.27. The zero-order chi connectivity index (χ0) is 15.3. The first-order valence-corrected chi connectivity index (χ1v) is 6.38. The van der Waals surface area contributed by atoms with Gasteiger partial charge in [0.15, 0.2) is 0 Å². The first-order chi connectivity index (χ1) is 8.53. The number of carbonyl (C=O) groups excluding carboxylic acids is 3. The number of rotatable bonds is 7. The van der Waals surface area contributed by atoms with Crippen LogP contribution >= 0.6 is 0 Å². The van der Waals surface area contributed by atoms with Crippen LogP contribution in [0.1, 0.15) is 41.0 Å². The highest BCUT2D eigenvalue weighted by molar-refractivity contribution is 5.90. The van der Waals surface area contributed by atoms with Crippen LogP contribution in [0, 0.1) is 5.41 Å². The molecule has 1 atom stereocenters. The van der Waals surface area contributed by atoms with Crippen LogP contribution in [0.25, 0.3) is 0 Å². The van der Waals surface area contributed by atoms with Gasteiger partial charge in [-0.15, -0.1) is 0 Å². The summed E-state index contributed by atoms with van der Waals surface area (Å²) in [6.45, 7) is 8.68. The van der Waals surface area contributed by atoms with Crippen LogP contribution in [-0.4, -0.2) is 36.2 Å². The summed E-state index contributed by atoms with van der Waals surface area (Å²) in [6, 6.07) is 0. The third-order valence-corrected chi connectivity index (χ3v) is 2.78. The Hall–Kier alpha value is -1.43. The van der Waals surface area contributed by atoms with Crippen LogP contribution in [0.2, 0.25) is 0 Å². The average Bonchev–Trinajstić information content (AvgIpc) is 2.24. The van der Waals surface area contributed by atoms with Crippen LogP contribution in [0.4, 0.5) is 0 Å². The molecule has 0 heterocycles. The second kappa shape index (κ2) is 6.65. The van der Waals surface area contributed by atoms with E-state index in [1.165, 1.54) is 6.92 Å². The summed E-state index contributed by atoms with van der Waals surface area (Å²) in [5.74, 6) is -0.700. The molecule has 2 amide bonds. The van der Waals surface area contributed by atoms with E-state index >= 15 is 0 Å². The molecule has 0 aliphatic carbocycles. The molecule has 0 saturated carbocycles. The lowest BCUT2D eigenvalue weighted by molar-refractivity contribution is -0.134. The molecule has 0 spiro atoms. The summed E-state index contributed by atoms with van der Waals surface area (Å²) in [4.78, 5) is 34.6. The fourth-order valence-electron chi connectivity index (χ4n) is 1.89. The summed E-state index contributed by atoms with van der Waals surface area (Å²) in [7, 11) is 0. The predicted octanol–water partition coefficient (Wildman–Crippen LogP) is -0.0386. The van der Waals surface area contributed by atoms with E-state index in [-0.39, 0.29) is 30.6 Å². The van der Waals surface area contributed by atoms with Crippen molar-refractivity contribution in [2.24, 2.45) is 11.1 Å². The van der Waals surface area contributed by atoms with E-state index in [4.69, 9.17) is 5.73 Å². The maximum absolute atomic E-state index is 12.0. The molecule has 0 aromatic rings. The molecule has 0 rings (SSSR count). The number of hydrogen-bond acceptors (Lipinski definition) is 4. The maximum atomic E-state index is 12.0. The van der Waals surface area contributed by atoms with Gasteiger partial charge in [-0.1, -0.05) is 13.8 Å². The Morgan fingerprint density at radius 1 is 1.05 bits per heavy atom. The second-order valence-corrected chi connectivity index (χ2v) is 5.72. The van der Waals surface area contributed by atoms with Gasteiger partial charge >= 0.3 is 0 Å². The molecule has 110 valence electrons. The van der Waals surface area contributed by atoms with Crippen LogP contribution < -0.4 is 16.4 Å². The molecule has 1 unspecified atom stereocenters. The first-order valence-electron chi connectivity index (χ1n) is 6.38. The van der Waals surface area contributed by atoms with Gasteiger partial charge in [-0.2, -0.15) is 0 Å². The summed E-state index contributed by atoms with van der Waals surface area (Å²) in [5, 5.41) is 5.19. The van der Waals surface area contributed by atoms with Crippen molar-refractivity contribution in [1.82, 2.24) is 10.6 Å². The Labute approximate surface area is 114 Å². The Kier molecular flexibility index (Phi) is 6.15. The number of carbonyl (C=O) groups is 3. The zero-order valence-corrected chi connectivity index (χ0v) is 12.4. The Balaban J connectivity index is 4.69. The maximum Gasteiger partial charge on any atom is 0.239 e. The molecular formula is C13H25N3O3. The van der Waals surface area contributed by atoms with E-state index in [0.717, 1.165) is 0 Å². The minimum atomic E-state index is -1.13.